The fourth-order valence-corrected chi connectivity index (χ4v) is 4.26. The van der Waals surface area contributed by atoms with Crippen LogP contribution in [0.4, 0.5) is 0 Å². The monoisotopic (exact) mass is 385 g/mol. The second kappa shape index (κ2) is 8.07. The number of benzene rings is 1. The Morgan fingerprint density at radius 1 is 1.24 bits per heavy atom. The van der Waals surface area contributed by atoms with Crippen molar-refractivity contribution in [3.63, 3.8) is 0 Å². The van der Waals surface area contributed by atoms with Crippen LogP contribution in [-0.2, 0) is 10.2 Å². The molecule has 2 rings (SSSR count). The largest absolute Gasteiger partial charge is 0.337 e. The summed E-state index contributed by atoms with van der Waals surface area (Å²) in [6, 6.07) is 7.24. The van der Waals surface area contributed by atoms with E-state index in [0.717, 1.165) is 9.20 Å². The van der Waals surface area contributed by atoms with E-state index in [1.807, 2.05) is 30.5 Å². The normalized spacial score (nSPS) is 21.3. The van der Waals surface area contributed by atoms with Crippen molar-refractivity contribution < 1.29 is 13.2 Å². The smallest absolute Gasteiger partial charge is 0.279 e. The van der Waals surface area contributed by atoms with Crippen molar-refractivity contribution in [2.75, 3.05) is 33.4 Å². The maximum Gasteiger partial charge on any atom is 0.279 e. The van der Waals surface area contributed by atoms with Crippen LogP contribution >= 0.6 is 11.8 Å². The highest BCUT2D eigenvalue weighted by atomic mass is 32.2. The Kier molecular flexibility index (Phi) is 6.53. The molecular formula is C17H27N3O3S2. The van der Waals surface area contributed by atoms with E-state index in [4.69, 9.17) is 0 Å². The summed E-state index contributed by atoms with van der Waals surface area (Å²) in [7, 11) is -0.532. The van der Waals surface area contributed by atoms with E-state index in [9.17, 15) is 13.2 Å². The summed E-state index contributed by atoms with van der Waals surface area (Å²) in [6.45, 7) is 5.06. The third-order valence-electron chi connectivity index (χ3n) is 4.63. The van der Waals surface area contributed by atoms with Crippen LogP contribution in [0.2, 0.25) is 0 Å². The van der Waals surface area contributed by atoms with Gasteiger partial charge in [0.2, 0.25) is 0 Å². The predicted molar refractivity (Wildman–Crippen MR) is 102 cm³/mol. The summed E-state index contributed by atoms with van der Waals surface area (Å²) in [4.78, 5) is 15.6. The molecule has 1 aliphatic heterocycles. The molecular weight excluding hydrogens is 358 g/mol. The molecule has 2 atom stereocenters. The first-order valence-electron chi connectivity index (χ1n) is 8.28. The molecule has 6 nitrogen and oxygen atoms in total. The van der Waals surface area contributed by atoms with Gasteiger partial charge in [-0.05, 0) is 42.4 Å². The highest BCUT2D eigenvalue weighted by molar-refractivity contribution is 7.98. The van der Waals surface area contributed by atoms with Gasteiger partial charge in [-0.2, -0.15) is 17.4 Å². The minimum atomic E-state index is -3.53. The fraction of sp³-hybridized carbons (Fsp3) is 0.588. The highest BCUT2D eigenvalue weighted by Gasteiger charge is 2.39. The lowest BCUT2D eigenvalue weighted by atomic mass is 9.92. The highest BCUT2D eigenvalue weighted by Crippen LogP contribution is 2.27. The van der Waals surface area contributed by atoms with Crippen LogP contribution in [0.15, 0.2) is 29.2 Å². The Labute approximate surface area is 155 Å². The van der Waals surface area contributed by atoms with Gasteiger partial charge in [0.05, 0.1) is 0 Å². The van der Waals surface area contributed by atoms with Gasteiger partial charge in [-0.25, -0.2) is 0 Å². The zero-order valence-electron chi connectivity index (χ0n) is 15.4. The molecule has 0 aromatic heterocycles. The van der Waals surface area contributed by atoms with Crippen LogP contribution in [0.1, 0.15) is 24.2 Å². The van der Waals surface area contributed by atoms with E-state index < -0.39 is 10.2 Å². The van der Waals surface area contributed by atoms with Gasteiger partial charge in [0.15, 0.2) is 0 Å². The third kappa shape index (κ3) is 4.75. The molecule has 0 aliphatic carbocycles. The molecule has 1 heterocycles. The van der Waals surface area contributed by atoms with Crippen LogP contribution in [0.3, 0.4) is 0 Å². The number of nitrogens with one attached hydrogen (secondary N) is 1. The van der Waals surface area contributed by atoms with Crippen LogP contribution in [-0.4, -0.2) is 63.0 Å². The van der Waals surface area contributed by atoms with Crippen molar-refractivity contribution in [1.82, 2.24) is 13.9 Å². The topological polar surface area (TPSA) is 69.7 Å². The van der Waals surface area contributed by atoms with E-state index in [-0.39, 0.29) is 23.8 Å². The number of nitrogens with zero attached hydrogens (tertiary/aromatic N) is 2. The van der Waals surface area contributed by atoms with Crippen LogP contribution < -0.4 is 4.72 Å². The van der Waals surface area contributed by atoms with E-state index in [1.54, 1.807) is 16.7 Å². The van der Waals surface area contributed by atoms with Crippen LogP contribution in [0.25, 0.3) is 0 Å². The van der Waals surface area contributed by atoms with Crippen molar-refractivity contribution in [2.45, 2.75) is 24.8 Å². The number of carbonyl (C=O) groups excluding carboxylic acids is 1. The third-order valence-corrected chi connectivity index (χ3v) is 6.93. The number of amides is 1. The zero-order valence-corrected chi connectivity index (χ0v) is 17.0. The van der Waals surface area contributed by atoms with Crippen molar-refractivity contribution in [3.8, 4) is 0 Å². The molecule has 1 aliphatic rings. The van der Waals surface area contributed by atoms with Gasteiger partial charge in [-0.3, -0.25) is 4.79 Å². The lowest BCUT2D eigenvalue weighted by Crippen LogP contribution is -2.46. The molecule has 1 aromatic carbocycles. The van der Waals surface area contributed by atoms with Crippen molar-refractivity contribution >= 4 is 27.9 Å². The molecule has 8 heteroatoms. The second-order valence-electron chi connectivity index (χ2n) is 6.86. The van der Waals surface area contributed by atoms with Gasteiger partial charge in [0, 0.05) is 43.7 Å². The standard InChI is InChI=1S/C17H27N3O3S2/c1-12(2)15-10-20(11-16(15)18-25(22,23)19(3)4)17(21)13-6-8-14(24-5)9-7-13/h6-9,12,15-16,18H,10-11H2,1-5H3. The predicted octanol–water partition coefficient (Wildman–Crippen LogP) is 1.90. The maximum absolute atomic E-state index is 12.8. The number of hydrogen-bond donors (Lipinski definition) is 1. The SMILES string of the molecule is CSc1ccc(C(=O)N2CC(NS(=O)(=O)N(C)C)C(C(C)C)C2)cc1. The summed E-state index contributed by atoms with van der Waals surface area (Å²) >= 11 is 1.63. The van der Waals surface area contributed by atoms with Crippen molar-refractivity contribution in [2.24, 2.45) is 11.8 Å². The van der Waals surface area contributed by atoms with E-state index in [0.29, 0.717) is 18.7 Å². The second-order valence-corrected chi connectivity index (χ2v) is 9.65. The van der Waals surface area contributed by atoms with Gasteiger partial charge in [-0.15, -0.1) is 11.8 Å². The average Bonchev–Trinajstić information content (AvgIpc) is 2.97. The van der Waals surface area contributed by atoms with Gasteiger partial charge in [0.25, 0.3) is 16.1 Å². The fourth-order valence-electron chi connectivity index (χ4n) is 3.01. The lowest BCUT2D eigenvalue weighted by Gasteiger charge is -2.24. The Hall–Kier alpha value is -1.09. The Morgan fingerprint density at radius 3 is 2.32 bits per heavy atom. The average molecular weight is 386 g/mol. The Morgan fingerprint density at radius 2 is 1.84 bits per heavy atom. The lowest BCUT2D eigenvalue weighted by molar-refractivity contribution is 0.0783. The molecule has 25 heavy (non-hydrogen) atoms. The minimum Gasteiger partial charge on any atom is -0.337 e. The summed E-state index contributed by atoms with van der Waals surface area (Å²) in [5, 5.41) is 0. The summed E-state index contributed by atoms with van der Waals surface area (Å²) in [6.07, 6.45) is 1.99. The van der Waals surface area contributed by atoms with Crippen LogP contribution in [0, 0.1) is 11.8 Å². The molecule has 1 fully saturated rings. The minimum absolute atomic E-state index is 0.0511. The van der Waals surface area contributed by atoms with E-state index >= 15 is 0 Å². The molecule has 1 saturated heterocycles. The zero-order chi connectivity index (χ0) is 18.8. The number of hydrogen-bond acceptors (Lipinski definition) is 4. The molecule has 0 saturated carbocycles. The molecule has 1 amide bonds. The molecule has 0 bridgehead atoms. The quantitative estimate of drug-likeness (QED) is 0.760. The maximum atomic E-state index is 12.8. The number of rotatable bonds is 6. The molecule has 0 spiro atoms. The van der Waals surface area contributed by atoms with Gasteiger partial charge in [-0.1, -0.05) is 13.8 Å². The molecule has 1 aromatic rings. The molecule has 0 radical (unpaired) electrons. The summed E-state index contributed by atoms with van der Waals surface area (Å²) in [5.74, 6) is 0.306. The number of thioether (sulfide) groups is 1. The first-order valence-corrected chi connectivity index (χ1v) is 10.9. The van der Waals surface area contributed by atoms with E-state index in [2.05, 4.69) is 18.6 Å². The van der Waals surface area contributed by atoms with Crippen molar-refractivity contribution in [3.05, 3.63) is 29.8 Å². The number of carbonyl (C=O) groups is 1. The van der Waals surface area contributed by atoms with E-state index in [1.165, 1.54) is 14.1 Å². The van der Waals surface area contributed by atoms with Gasteiger partial charge in [0.1, 0.15) is 0 Å². The molecule has 1 N–H and O–H groups in total. The van der Waals surface area contributed by atoms with Crippen LogP contribution in [0.5, 0.6) is 0 Å². The number of likely N-dealkylation sites (tertiary alicyclic amines) is 1. The first kappa shape index (κ1) is 20.2. The van der Waals surface area contributed by atoms with Crippen molar-refractivity contribution in [1.29, 1.82) is 0 Å². The molecule has 140 valence electrons. The first-order chi connectivity index (χ1) is 11.7. The Bertz CT molecular complexity index is 702. The molecule has 2 unspecified atom stereocenters. The van der Waals surface area contributed by atoms with Gasteiger partial charge >= 0.3 is 0 Å². The van der Waals surface area contributed by atoms with Gasteiger partial charge < -0.3 is 4.90 Å². The summed E-state index contributed by atoms with van der Waals surface area (Å²) in [5.41, 5.74) is 0.636. The Balaban J connectivity index is 2.16. The summed E-state index contributed by atoms with van der Waals surface area (Å²) < 4.78 is 28.3.